The van der Waals surface area contributed by atoms with E-state index in [-0.39, 0.29) is 34.9 Å². The highest BCUT2D eigenvalue weighted by molar-refractivity contribution is 7.80. The van der Waals surface area contributed by atoms with E-state index in [1.54, 1.807) is 0 Å². The lowest BCUT2D eigenvalue weighted by Gasteiger charge is -2.37. The Kier molecular flexibility index (Phi) is 4.89. The predicted octanol–water partition coefficient (Wildman–Crippen LogP) is 1.18. The third kappa shape index (κ3) is 3.64. The maximum Gasteiger partial charge on any atom is 0.232 e. The van der Waals surface area contributed by atoms with E-state index >= 15 is 0 Å². The lowest BCUT2D eigenvalue weighted by atomic mass is 9.94. The van der Waals surface area contributed by atoms with Crippen molar-refractivity contribution in [3.63, 3.8) is 0 Å². The fraction of sp³-hybridized carbons (Fsp3) is 0.833. The molecule has 1 aliphatic rings. The number of nitrogens with zero attached hydrogens (tertiary/aromatic N) is 1. The van der Waals surface area contributed by atoms with Gasteiger partial charge < -0.3 is 15.4 Å². The summed E-state index contributed by atoms with van der Waals surface area (Å²) in [5.74, 6) is -0.189. The van der Waals surface area contributed by atoms with Gasteiger partial charge in [0.15, 0.2) is 0 Å². The SMILES string of the molecule is CC1CN(C(=O)C(C(N)=S)C(C)C)CC(C)O1. The van der Waals surface area contributed by atoms with Gasteiger partial charge in [-0.05, 0) is 19.8 Å². The number of nitrogens with two attached hydrogens (primary N) is 1. The van der Waals surface area contributed by atoms with E-state index in [9.17, 15) is 4.79 Å². The average molecular weight is 258 g/mol. The van der Waals surface area contributed by atoms with Crippen LogP contribution >= 0.6 is 12.2 Å². The van der Waals surface area contributed by atoms with Crippen LogP contribution in [0.5, 0.6) is 0 Å². The molecule has 98 valence electrons. The van der Waals surface area contributed by atoms with Crippen molar-refractivity contribution in [3.05, 3.63) is 0 Å². The molecule has 0 radical (unpaired) electrons. The Hall–Kier alpha value is -0.680. The van der Waals surface area contributed by atoms with Crippen molar-refractivity contribution in [2.45, 2.75) is 39.9 Å². The quantitative estimate of drug-likeness (QED) is 0.772. The molecule has 1 amide bonds. The summed E-state index contributed by atoms with van der Waals surface area (Å²) >= 11 is 5.00. The molecule has 4 nitrogen and oxygen atoms in total. The van der Waals surface area contributed by atoms with Gasteiger partial charge in [-0.15, -0.1) is 0 Å². The molecule has 5 heteroatoms. The van der Waals surface area contributed by atoms with E-state index < -0.39 is 0 Å². The fourth-order valence-corrected chi connectivity index (χ4v) is 2.66. The summed E-state index contributed by atoms with van der Waals surface area (Å²) in [6, 6.07) is 0. The first-order valence-electron chi connectivity index (χ1n) is 6.06. The largest absolute Gasteiger partial charge is 0.393 e. The second kappa shape index (κ2) is 5.78. The lowest BCUT2D eigenvalue weighted by Crippen LogP contribution is -2.52. The molecular weight excluding hydrogens is 236 g/mol. The first-order valence-corrected chi connectivity index (χ1v) is 6.47. The summed E-state index contributed by atoms with van der Waals surface area (Å²) in [5.41, 5.74) is 5.67. The molecule has 0 aromatic heterocycles. The topological polar surface area (TPSA) is 55.6 Å². The molecule has 0 saturated carbocycles. The van der Waals surface area contributed by atoms with Crippen LogP contribution in [-0.4, -0.2) is 41.1 Å². The maximum atomic E-state index is 12.4. The van der Waals surface area contributed by atoms with E-state index in [1.165, 1.54) is 0 Å². The lowest BCUT2D eigenvalue weighted by molar-refractivity contribution is -0.146. The normalized spacial score (nSPS) is 27.0. The van der Waals surface area contributed by atoms with E-state index in [0.29, 0.717) is 13.1 Å². The molecule has 1 saturated heterocycles. The Morgan fingerprint density at radius 3 is 2.18 bits per heavy atom. The van der Waals surface area contributed by atoms with Crippen LogP contribution < -0.4 is 5.73 Å². The van der Waals surface area contributed by atoms with E-state index in [0.717, 1.165) is 0 Å². The molecule has 17 heavy (non-hydrogen) atoms. The fourth-order valence-electron chi connectivity index (χ4n) is 2.29. The summed E-state index contributed by atoms with van der Waals surface area (Å²) in [7, 11) is 0. The molecule has 1 aliphatic heterocycles. The van der Waals surface area contributed by atoms with E-state index in [4.69, 9.17) is 22.7 Å². The Bertz CT molecular complexity index is 297. The minimum absolute atomic E-state index is 0.0366. The van der Waals surface area contributed by atoms with E-state index in [1.807, 2.05) is 32.6 Å². The monoisotopic (exact) mass is 258 g/mol. The summed E-state index contributed by atoms with van der Waals surface area (Å²) in [5, 5.41) is 0. The Labute approximate surface area is 108 Å². The molecule has 1 rings (SSSR count). The molecule has 1 fully saturated rings. The number of thiocarbonyl (C=S) groups is 1. The highest BCUT2D eigenvalue weighted by Gasteiger charge is 2.33. The zero-order valence-electron chi connectivity index (χ0n) is 11.0. The molecule has 3 unspecified atom stereocenters. The van der Waals surface area contributed by atoms with Gasteiger partial charge in [-0.3, -0.25) is 4.79 Å². The Morgan fingerprint density at radius 2 is 1.82 bits per heavy atom. The molecule has 2 N–H and O–H groups in total. The third-order valence-electron chi connectivity index (χ3n) is 2.97. The van der Waals surface area contributed by atoms with Crippen LogP contribution in [-0.2, 0) is 9.53 Å². The summed E-state index contributed by atoms with van der Waals surface area (Å²) in [6.45, 7) is 9.12. The van der Waals surface area contributed by atoms with Crippen molar-refractivity contribution in [1.29, 1.82) is 0 Å². The first-order chi connectivity index (χ1) is 7.82. The first kappa shape index (κ1) is 14.4. The summed E-state index contributed by atoms with van der Waals surface area (Å²) < 4.78 is 5.61. The van der Waals surface area contributed by atoms with Crippen molar-refractivity contribution in [2.24, 2.45) is 17.6 Å². The Balaban J connectivity index is 2.76. The van der Waals surface area contributed by atoms with Gasteiger partial charge in [-0.2, -0.15) is 0 Å². The van der Waals surface area contributed by atoms with Crippen molar-refractivity contribution in [3.8, 4) is 0 Å². The number of carbonyl (C=O) groups is 1. The molecule has 0 spiro atoms. The Morgan fingerprint density at radius 1 is 1.35 bits per heavy atom. The summed E-state index contributed by atoms with van der Waals surface area (Å²) in [4.78, 5) is 14.5. The smallest absolute Gasteiger partial charge is 0.232 e. The van der Waals surface area contributed by atoms with Crippen LogP contribution in [0, 0.1) is 11.8 Å². The van der Waals surface area contributed by atoms with Crippen molar-refractivity contribution < 1.29 is 9.53 Å². The van der Waals surface area contributed by atoms with Gasteiger partial charge in [0.05, 0.1) is 23.1 Å². The van der Waals surface area contributed by atoms with Crippen LogP contribution in [0.2, 0.25) is 0 Å². The molecule has 0 bridgehead atoms. The summed E-state index contributed by atoms with van der Waals surface area (Å²) in [6.07, 6.45) is 0.142. The molecule has 1 heterocycles. The predicted molar refractivity (Wildman–Crippen MR) is 71.7 cm³/mol. The van der Waals surface area contributed by atoms with Crippen LogP contribution in [0.15, 0.2) is 0 Å². The van der Waals surface area contributed by atoms with E-state index in [2.05, 4.69) is 0 Å². The van der Waals surface area contributed by atoms with Crippen molar-refractivity contribution in [2.75, 3.05) is 13.1 Å². The third-order valence-corrected chi connectivity index (χ3v) is 3.22. The van der Waals surface area contributed by atoms with Gasteiger partial charge in [0.25, 0.3) is 0 Å². The number of hydrogen-bond acceptors (Lipinski definition) is 3. The van der Waals surface area contributed by atoms with Crippen LogP contribution in [0.1, 0.15) is 27.7 Å². The highest BCUT2D eigenvalue weighted by Crippen LogP contribution is 2.19. The number of morpholine rings is 1. The number of ether oxygens (including phenoxy) is 1. The number of rotatable bonds is 3. The minimum atomic E-state index is -0.359. The van der Waals surface area contributed by atoms with Gasteiger partial charge >= 0.3 is 0 Å². The molecule has 0 aromatic rings. The number of hydrogen-bond donors (Lipinski definition) is 1. The second-order valence-electron chi connectivity index (χ2n) is 5.12. The van der Waals surface area contributed by atoms with Crippen LogP contribution in [0.3, 0.4) is 0 Å². The molecular formula is C12H22N2O2S. The van der Waals surface area contributed by atoms with Crippen molar-refractivity contribution >= 4 is 23.1 Å². The van der Waals surface area contributed by atoms with Gasteiger partial charge in [-0.1, -0.05) is 26.1 Å². The van der Waals surface area contributed by atoms with Gasteiger partial charge in [0.1, 0.15) is 0 Å². The minimum Gasteiger partial charge on any atom is -0.393 e. The maximum absolute atomic E-state index is 12.4. The zero-order chi connectivity index (χ0) is 13.2. The average Bonchev–Trinajstić information content (AvgIpc) is 2.14. The van der Waals surface area contributed by atoms with Crippen LogP contribution in [0.4, 0.5) is 0 Å². The molecule has 0 aliphatic carbocycles. The van der Waals surface area contributed by atoms with Gasteiger partial charge in [0, 0.05) is 13.1 Å². The van der Waals surface area contributed by atoms with Gasteiger partial charge in [-0.25, -0.2) is 0 Å². The van der Waals surface area contributed by atoms with Gasteiger partial charge in [0.2, 0.25) is 5.91 Å². The standard InChI is InChI=1S/C12H22N2O2S/c1-7(2)10(11(13)17)12(15)14-5-8(3)16-9(4)6-14/h7-10H,5-6H2,1-4H3,(H2,13,17). The van der Waals surface area contributed by atoms with Crippen molar-refractivity contribution in [1.82, 2.24) is 4.90 Å². The highest BCUT2D eigenvalue weighted by atomic mass is 32.1. The zero-order valence-corrected chi connectivity index (χ0v) is 11.8. The number of carbonyl (C=O) groups excluding carboxylic acids is 1. The molecule has 3 atom stereocenters. The second-order valence-corrected chi connectivity index (χ2v) is 5.60. The molecule has 0 aromatic carbocycles. The number of amides is 1. The van der Waals surface area contributed by atoms with Crippen LogP contribution in [0.25, 0.3) is 0 Å².